The molecule has 0 aliphatic rings. The van der Waals surface area contributed by atoms with Gasteiger partial charge in [0.2, 0.25) is 0 Å². The van der Waals surface area contributed by atoms with Gasteiger partial charge in [-0.25, -0.2) is 4.98 Å². The van der Waals surface area contributed by atoms with Crippen molar-refractivity contribution in [2.24, 2.45) is 0 Å². The Balaban J connectivity index is 1.31. The van der Waals surface area contributed by atoms with Crippen molar-refractivity contribution in [2.75, 3.05) is 12.4 Å². The molecule has 0 bridgehead atoms. The Kier molecular flexibility index (Phi) is 7.88. The molecule has 1 atom stereocenters. The number of fused-ring (bicyclic) bond motifs is 1. The van der Waals surface area contributed by atoms with Crippen molar-refractivity contribution >= 4 is 28.5 Å². The van der Waals surface area contributed by atoms with Crippen LogP contribution in [0.5, 0.6) is 5.75 Å². The summed E-state index contributed by atoms with van der Waals surface area (Å²) < 4.78 is 44.2. The van der Waals surface area contributed by atoms with E-state index in [1.165, 1.54) is 12.1 Å². The molecule has 0 spiro atoms. The summed E-state index contributed by atoms with van der Waals surface area (Å²) in [5.74, 6) is 0.174. The molecule has 0 saturated carbocycles. The smallest absolute Gasteiger partial charge is 0.416 e. The minimum Gasteiger partial charge on any atom is -0.497 e. The second-order valence-corrected chi connectivity index (χ2v) is 9.49. The molecule has 5 rings (SSSR count). The molecule has 212 valence electrons. The number of carbonyl (C=O) groups is 2. The van der Waals surface area contributed by atoms with Crippen LogP contribution < -0.4 is 15.4 Å². The number of carbonyl (C=O) groups excluding carboxylic acids is 2. The van der Waals surface area contributed by atoms with Crippen LogP contribution in [0.15, 0.2) is 97.2 Å². The summed E-state index contributed by atoms with van der Waals surface area (Å²) in [6, 6.07) is 22.8. The van der Waals surface area contributed by atoms with Gasteiger partial charge in [0.25, 0.3) is 11.8 Å². The number of halogens is 3. The highest BCUT2D eigenvalue weighted by atomic mass is 19.4. The van der Waals surface area contributed by atoms with Crippen LogP contribution in [0, 0.1) is 0 Å². The minimum absolute atomic E-state index is 0.282. The molecule has 0 aliphatic heterocycles. The van der Waals surface area contributed by atoms with E-state index in [1.54, 1.807) is 80.0 Å². The fraction of sp³-hybridized carbons (Fsp3) is 0.125. The predicted molar refractivity (Wildman–Crippen MR) is 153 cm³/mol. The van der Waals surface area contributed by atoms with E-state index in [9.17, 15) is 22.8 Å². The summed E-state index contributed by atoms with van der Waals surface area (Å²) in [6.07, 6.45) is -2.84. The Bertz CT molecular complexity index is 1770. The fourth-order valence-electron chi connectivity index (χ4n) is 4.44. The number of hydrogen-bond acceptors (Lipinski definition) is 5. The van der Waals surface area contributed by atoms with Gasteiger partial charge in [0.15, 0.2) is 0 Å². The van der Waals surface area contributed by atoms with Crippen LogP contribution in [-0.2, 0) is 6.18 Å². The lowest BCUT2D eigenvalue weighted by Crippen LogP contribution is -2.27. The molecule has 0 fully saturated rings. The highest BCUT2D eigenvalue weighted by Gasteiger charge is 2.30. The third-order valence-corrected chi connectivity index (χ3v) is 6.67. The summed E-state index contributed by atoms with van der Waals surface area (Å²) >= 11 is 0. The molecule has 0 unspecified atom stereocenters. The first-order valence-electron chi connectivity index (χ1n) is 12.9. The van der Waals surface area contributed by atoms with E-state index in [-0.39, 0.29) is 23.3 Å². The minimum atomic E-state index is -4.45. The van der Waals surface area contributed by atoms with Gasteiger partial charge in [-0.2, -0.15) is 13.2 Å². The van der Waals surface area contributed by atoms with Gasteiger partial charge in [-0.3, -0.25) is 14.6 Å². The Morgan fingerprint density at radius 3 is 2.38 bits per heavy atom. The zero-order valence-corrected chi connectivity index (χ0v) is 22.6. The predicted octanol–water partition coefficient (Wildman–Crippen LogP) is 7.07. The van der Waals surface area contributed by atoms with Crippen molar-refractivity contribution in [2.45, 2.75) is 19.1 Å². The maximum absolute atomic E-state index is 13.2. The number of benzene rings is 3. The standard InChI is InChI=1S/C32H25F3N4O3/c1-19(28-18-24(42-2)15-16-36-28)37-30(40)22-9-13-27-21(17-22)10-14-29(38-27)39-31(41)26-6-4-3-5-25(26)20-7-11-23(12-8-20)32(33,34)35/h3-19H,1-2H3,(H,37,40)(H,38,39,41)/t19-/m1/s1. The van der Waals surface area contributed by atoms with E-state index in [1.807, 2.05) is 6.92 Å². The lowest BCUT2D eigenvalue weighted by molar-refractivity contribution is -0.137. The average molecular weight is 571 g/mol. The van der Waals surface area contributed by atoms with Gasteiger partial charge >= 0.3 is 6.18 Å². The molecular weight excluding hydrogens is 545 g/mol. The third-order valence-electron chi connectivity index (χ3n) is 6.67. The average Bonchev–Trinajstić information content (AvgIpc) is 3.00. The highest BCUT2D eigenvalue weighted by Crippen LogP contribution is 2.32. The van der Waals surface area contributed by atoms with Gasteiger partial charge in [0, 0.05) is 28.8 Å². The first-order valence-corrected chi connectivity index (χ1v) is 12.9. The second-order valence-electron chi connectivity index (χ2n) is 9.49. The Labute approximate surface area is 239 Å². The number of hydrogen-bond donors (Lipinski definition) is 2. The first-order chi connectivity index (χ1) is 20.1. The summed E-state index contributed by atoms with van der Waals surface area (Å²) in [5, 5.41) is 6.38. The van der Waals surface area contributed by atoms with Crippen molar-refractivity contribution in [3.63, 3.8) is 0 Å². The molecule has 0 saturated heterocycles. The van der Waals surface area contributed by atoms with Crippen LogP contribution >= 0.6 is 0 Å². The molecule has 2 heterocycles. The van der Waals surface area contributed by atoms with Crippen LogP contribution in [0.2, 0.25) is 0 Å². The zero-order chi connectivity index (χ0) is 29.9. The highest BCUT2D eigenvalue weighted by molar-refractivity contribution is 6.08. The molecule has 2 N–H and O–H groups in total. The lowest BCUT2D eigenvalue weighted by Gasteiger charge is -2.14. The van der Waals surface area contributed by atoms with Gasteiger partial charge in [-0.1, -0.05) is 30.3 Å². The van der Waals surface area contributed by atoms with E-state index in [0.717, 1.165) is 12.1 Å². The molecule has 3 aromatic carbocycles. The molecule has 7 nitrogen and oxygen atoms in total. The Hall–Kier alpha value is -5.25. The van der Waals surface area contributed by atoms with E-state index in [4.69, 9.17) is 4.74 Å². The lowest BCUT2D eigenvalue weighted by atomic mass is 9.98. The van der Waals surface area contributed by atoms with E-state index in [0.29, 0.717) is 39.0 Å². The molecule has 5 aromatic rings. The molecule has 0 radical (unpaired) electrons. The summed E-state index contributed by atoms with van der Waals surface area (Å²) in [5.41, 5.74) is 2.12. The summed E-state index contributed by atoms with van der Waals surface area (Å²) in [4.78, 5) is 34.9. The van der Waals surface area contributed by atoms with Crippen molar-refractivity contribution in [1.29, 1.82) is 0 Å². The normalized spacial score (nSPS) is 12.0. The second kappa shape index (κ2) is 11.7. The number of rotatable bonds is 7. The first kappa shape index (κ1) is 28.3. The fourth-order valence-corrected chi connectivity index (χ4v) is 4.44. The number of aromatic nitrogens is 2. The number of methoxy groups -OCH3 is 1. The van der Waals surface area contributed by atoms with Crippen molar-refractivity contribution in [3.8, 4) is 16.9 Å². The number of amides is 2. The SMILES string of the molecule is COc1ccnc([C@@H](C)NC(=O)c2ccc3nc(NC(=O)c4ccccc4-c4ccc(C(F)(F)F)cc4)ccc3c2)c1. The Morgan fingerprint density at radius 1 is 0.881 bits per heavy atom. The third kappa shape index (κ3) is 6.22. The number of pyridine rings is 2. The van der Waals surface area contributed by atoms with Gasteiger partial charge in [-0.05, 0) is 72.6 Å². The topological polar surface area (TPSA) is 93.2 Å². The van der Waals surface area contributed by atoms with Crippen LogP contribution in [0.25, 0.3) is 22.0 Å². The van der Waals surface area contributed by atoms with Crippen LogP contribution in [0.1, 0.15) is 44.9 Å². The Morgan fingerprint density at radius 2 is 1.64 bits per heavy atom. The maximum Gasteiger partial charge on any atom is 0.416 e. The van der Waals surface area contributed by atoms with E-state index in [2.05, 4.69) is 20.6 Å². The van der Waals surface area contributed by atoms with Crippen LogP contribution in [-0.4, -0.2) is 28.9 Å². The maximum atomic E-state index is 13.2. The monoisotopic (exact) mass is 570 g/mol. The summed E-state index contributed by atoms with van der Waals surface area (Å²) in [7, 11) is 1.56. The summed E-state index contributed by atoms with van der Waals surface area (Å²) in [6.45, 7) is 1.83. The van der Waals surface area contributed by atoms with Gasteiger partial charge in [0.1, 0.15) is 11.6 Å². The number of nitrogens with one attached hydrogen (secondary N) is 2. The molecular formula is C32H25F3N4O3. The molecule has 0 aliphatic carbocycles. The van der Waals surface area contributed by atoms with Crippen molar-refractivity contribution < 1.29 is 27.5 Å². The number of anilines is 1. The molecule has 42 heavy (non-hydrogen) atoms. The molecule has 2 aromatic heterocycles. The van der Waals surface area contributed by atoms with Crippen LogP contribution in [0.3, 0.4) is 0 Å². The van der Waals surface area contributed by atoms with Crippen molar-refractivity contribution in [3.05, 3.63) is 120 Å². The van der Waals surface area contributed by atoms with Gasteiger partial charge in [0.05, 0.1) is 29.9 Å². The number of ether oxygens (including phenoxy) is 1. The largest absolute Gasteiger partial charge is 0.497 e. The van der Waals surface area contributed by atoms with Crippen molar-refractivity contribution in [1.82, 2.24) is 15.3 Å². The van der Waals surface area contributed by atoms with E-state index < -0.39 is 17.6 Å². The van der Waals surface area contributed by atoms with Gasteiger partial charge in [-0.15, -0.1) is 0 Å². The number of alkyl halides is 3. The van der Waals surface area contributed by atoms with Crippen LogP contribution in [0.4, 0.5) is 19.0 Å². The quantitative estimate of drug-likeness (QED) is 0.218. The molecule has 2 amide bonds. The number of nitrogens with zero attached hydrogens (tertiary/aromatic N) is 2. The molecule has 10 heteroatoms. The zero-order valence-electron chi connectivity index (χ0n) is 22.6. The van der Waals surface area contributed by atoms with E-state index >= 15 is 0 Å². The van der Waals surface area contributed by atoms with Gasteiger partial charge < -0.3 is 15.4 Å².